The predicted octanol–water partition coefficient (Wildman–Crippen LogP) is 3.38. The fraction of sp³-hybridized carbons (Fsp3) is 0.0556. The molecule has 2 N–H and O–H groups in total. The number of fused-ring (bicyclic) bond motifs is 1. The minimum absolute atomic E-state index is 0.364. The third kappa shape index (κ3) is 4.33. The van der Waals surface area contributed by atoms with Gasteiger partial charge in [-0.15, -0.1) is 5.10 Å². The molecule has 5 nitrogen and oxygen atoms in total. The van der Waals surface area contributed by atoms with Crippen molar-refractivity contribution in [3.05, 3.63) is 82.2 Å². The summed E-state index contributed by atoms with van der Waals surface area (Å²) in [4.78, 5) is 11.2. The average molecular weight is 337 g/mol. The van der Waals surface area contributed by atoms with E-state index in [9.17, 15) is 4.79 Å². The molecule has 0 atom stereocenters. The zero-order valence-corrected chi connectivity index (χ0v) is 13.6. The van der Waals surface area contributed by atoms with E-state index >= 15 is 0 Å². The second-order valence-corrected chi connectivity index (χ2v) is 6.00. The SMILES string of the molecule is NC(=NN=Cc1ccc2oc(=O)ccc2c1)SCc1ccccc1. The number of hydrogen-bond acceptors (Lipinski definition) is 5. The van der Waals surface area contributed by atoms with Crippen LogP contribution in [0.25, 0.3) is 11.0 Å². The quantitative estimate of drug-likeness (QED) is 0.342. The Morgan fingerprint density at radius 2 is 1.96 bits per heavy atom. The number of nitrogens with zero attached hydrogens (tertiary/aromatic N) is 2. The van der Waals surface area contributed by atoms with Gasteiger partial charge in [0.25, 0.3) is 0 Å². The maximum Gasteiger partial charge on any atom is 0.336 e. The minimum Gasteiger partial charge on any atom is -0.423 e. The van der Waals surface area contributed by atoms with Crippen molar-refractivity contribution in [1.29, 1.82) is 0 Å². The molecule has 0 radical (unpaired) electrons. The molecule has 6 heteroatoms. The Balaban J connectivity index is 1.64. The number of amidine groups is 1. The fourth-order valence-electron chi connectivity index (χ4n) is 2.08. The fourth-order valence-corrected chi connectivity index (χ4v) is 2.70. The van der Waals surface area contributed by atoms with Crippen molar-refractivity contribution in [1.82, 2.24) is 0 Å². The van der Waals surface area contributed by atoms with E-state index in [1.165, 1.54) is 23.4 Å². The first-order valence-corrected chi connectivity index (χ1v) is 8.26. The number of nitrogens with two attached hydrogens (primary N) is 1. The van der Waals surface area contributed by atoms with Crippen molar-refractivity contribution in [2.75, 3.05) is 0 Å². The van der Waals surface area contributed by atoms with Crippen molar-refractivity contribution < 1.29 is 4.42 Å². The van der Waals surface area contributed by atoms with Gasteiger partial charge in [0.05, 0.1) is 6.21 Å². The lowest BCUT2D eigenvalue weighted by atomic mass is 10.1. The first kappa shape index (κ1) is 16.0. The van der Waals surface area contributed by atoms with Crippen molar-refractivity contribution in [2.24, 2.45) is 15.9 Å². The summed E-state index contributed by atoms with van der Waals surface area (Å²) in [5.74, 6) is 0.751. The molecular formula is C18H15N3O2S. The maximum atomic E-state index is 11.2. The molecule has 0 fully saturated rings. The maximum absolute atomic E-state index is 11.2. The number of hydrogen-bond donors (Lipinski definition) is 1. The van der Waals surface area contributed by atoms with Crippen LogP contribution in [0.3, 0.4) is 0 Å². The van der Waals surface area contributed by atoms with E-state index in [2.05, 4.69) is 10.2 Å². The Morgan fingerprint density at radius 1 is 1.12 bits per heavy atom. The van der Waals surface area contributed by atoms with Crippen LogP contribution in [0.1, 0.15) is 11.1 Å². The highest BCUT2D eigenvalue weighted by molar-refractivity contribution is 8.13. The van der Waals surface area contributed by atoms with Gasteiger partial charge < -0.3 is 10.2 Å². The van der Waals surface area contributed by atoms with Crippen molar-refractivity contribution >= 4 is 34.1 Å². The molecular weight excluding hydrogens is 322 g/mol. The summed E-state index contributed by atoms with van der Waals surface area (Å²) in [6.45, 7) is 0. The van der Waals surface area contributed by atoms with Crippen molar-refractivity contribution in [2.45, 2.75) is 5.75 Å². The molecule has 0 aliphatic rings. The van der Waals surface area contributed by atoms with Crippen LogP contribution in [0.4, 0.5) is 0 Å². The third-order valence-electron chi connectivity index (χ3n) is 3.24. The smallest absolute Gasteiger partial charge is 0.336 e. The van der Waals surface area contributed by atoms with Gasteiger partial charge in [0.2, 0.25) is 0 Å². The van der Waals surface area contributed by atoms with Gasteiger partial charge in [-0.05, 0) is 35.4 Å². The lowest BCUT2D eigenvalue weighted by molar-refractivity contribution is 0.561. The van der Waals surface area contributed by atoms with Crippen molar-refractivity contribution in [3.63, 3.8) is 0 Å². The van der Waals surface area contributed by atoms with Gasteiger partial charge in [-0.25, -0.2) is 4.79 Å². The van der Waals surface area contributed by atoms with Gasteiger partial charge in [-0.3, -0.25) is 0 Å². The van der Waals surface area contributed by atoms with Crippen LogP contribution >= 0.6 is 11.8 Å². The molecule has 0 saturated heterocycles. The van der Waals surface area contributed by atoms with Gasteiger partial charge in [0, 0.05) is 17.2 Å². The zero-order valence-electron chi connectivity index (χ0n) is 12.8. The molecule has 1 heterocycles. The normalized spacial score (nSPS) is 12.1. The standard InChI is InChI=1S/C18H15N3O2S/c19-18(24-12-13-4-2-1-3-5-13)21-20-11-14-6-8-16-15(10-14)7-9-17(22)23-16/h1-11H,12H2,(H2,19,21). The molecule has 0 unspecified atom stereocenters. The van der Waals surface area contributed by atoms with E-state index < -0.39 is 0 Å². The van der Waals surface area contributed by atoms with Crippen LogP contribution in [0.15, 0.2) is 80.1 Å². The molecule has 0 spiro atoms. The largest absolute Gasteiger partial charge is 0.423 e. The first-order valence-electron chi connectivity index (χ1n) is 7.28. The monoisotopic (exact) mass is 337 g/mol. The molecule has 24 heavy (non-hydrogen) atoms. The van der Waals surface area contributed by atoms with Crippen LogP contribution in [0.5, 0.6) is 0 Å². The van der Waals surface area contributed by atoms with Crippen LogP contribution in [0.2, 0.25) is 0 Å². The first-order chi connectivity index (χ1) is 11.7. The van der Waals surface area contributed by atoms with Gasteiger partial charge in [0.15, 0.2) is 5.17 Å². The molecule has 120 valence electrons. The topological polar surface area (TPSA) is 80.9 Å². The lowest BCUT2D eigenvalue weighted by Crippen LogP contribution is -2.06. The lowest BCUT2D eigenvalue weighted by Gasteiger charge is -1.99. The summed E-state index contributed by atoms with van der Waals surface area (Å²) < 4.78 is 5.08. The molecule has 1 aromatic heterocycles. The van der Waals surface area contributed by atoms with Crippen LogP contribution in [0, 0.1) is 0 Å². The molecule has 0 saturated carbocycles. The zero-order chi connectivity index (χ0) is 16.8. The minimum atomic E-state index is -0.364. The molecule has 2 aromatic carbocycles. The second kappa shape index (κ2) is 7.61. The summed E-state index contributed by atoms with van der Waals surface area (Å²) in [6.07, 6.45) is 1.61. The molecule has 3 aromatic rings. The van der Waals surface area contributed by atoms with Gasteiger partial charge in [0.1, 0.15) is 5.58 Å². The summed E-state index contributed by atoms with van der Waals surface area (Å²) in [7, 11) is 0. The highest BCUT2D eigenvalue weighted by atomic mass is 32.2. The Bertz CT molecular complexity index is 949. The Morgan fingerprint density at radius 3 is 2.79 bits per heavy atom. The number of thioether (sulfide) groups is 1. The van der Waals surface area contributed by atoms with Crippen molar-refractivity contribution in [3.8, 4) is 0 Å². The van der Waals surface area contributed by atoms with E-state index in [1.54, 1.807) is 24.4 Å². The molecule has 3 rings (SSSR count). The molecule has 0 aliphatic heterocycles. The third-order valence-corrected chi connectivity index (χ3v) is 4.09. The van der Waals surface area contributed by atoms with Gasteiger partial charge in [-0.1, -0.05) is 42.1 Å². The second-order valence-electron chi connectivity index (χ2n) is 5.01. The number of rotatable bonds is 4. The van der Waals surface area contributed by atoms with E-state index in [-0.39, 0.29) is 5.63 Å². The molecule has 0 bridgehead atoms. The van der Waals surface area contributed by atoms with Gasteiger partial charge in [-0.2, -0.15) is 5.10 Å². The van der Waals surface area contributed by atoms with E-state index in [0.29, 0.717) is 10.8 Å². The summed E-state index contributed by atoms with van der Waals surface area (Å²) in [6, 6.07) is 18.5. The summed E-state index contributed by atoms with van der Waals surface area (Å²) in [5.41, 5.74) is 8.05. The Kier molecular flexibility index (Phi) is 5.08. The highest BCUT2D eigenvalue weighted by Crippen LogP contribution is 2.13. The average Bonchev–Trinajstić information content (AvgIpc) is 2.61. The van der Waals surface area contributed by atoms with E-state index in [0.717, 1.165) is 16.7 Å². The highest BCUT2D eigenvalue weighted by Gasteiger charge is 1.98. The van der Waals surface area contributed by atoms with E-state index in [4.69, 9.17) is 10.2 Å². The predicted molar refractivity (Wildman–Crippen MR) is 99.4 cm³/mol. The number of benzene rings is 2. The van der Waals surface area contributed by atoms with Crippen LogP contribution < -0.4 is 11.4 Å². The van der Waals surface area contributed by atoms with Crippen LogP contribution in [-0.4, -0.2) is 11.4 Å². The molecule has 0 amide bonds. The van der Waals surface area contributed by atoms with Crippen LogP contribution in [-0.2, 0) is 5.75 Å². The summed E-state index contributed by atoms with van der Waals surface area (Å²) in [5, 5.41) is 9.22. The van der Waals surface area contributed by atoms with E-state index in [1.807, 2.05) is 36.4 Å². The Labute approximate surface area is 142 Å². The van der Waals surface area contributed by atoms with Gasteiger partial charge >= 0.3 is 5.63 Å². The molecule has 0 aliphatic carbocycles. The summed E-state index contributed by atoms with van der Waals surface area (Å²) >= 11 is 1.43. The Hall–Kier alpha value is -2.86.